The van der Waals surface area contributed by atoms with E-state index in [1.165, 1.54) is 37.9 Å². The van der Waals surface area contributed by atoms with Crippen LogP contribution in [0, 0.1) is 5.41 Å². The first-order valence-corrected chi connectivity index (χ1v) is 12.2. The van der Waals surface area contributed by atoms with Crippen LogP contribution in [-0.2, 0) is 20.9 Å². The molecule has 246 valence electrons. The summed E-state index contributed by atoms with van der Waals surface area (Å²) in [7, 11) is 0. The van der Waals surface area contributed by atoms with E-state index in [0.29, 0.717) is 5.41 Å². The summed E-state index contributed by atoms with van der Waals surface area (Å²) in [6.07, 6.45) is -3.94. The monoisotopic (exact) mass is 651 g/mol. The molecule has 0 atom stereocenters. The summed E-state index contributed by atoms with van der Waals surface area (Å²) in [5.41, 5.74) is 1.78. The quantitative estimate of drug-likeness (QED) is 0.408. The van der Waals surface area contributed by atoms with Gasteiger partial charge >= 0.3 is 36.4 Å². The van der Waals surface area contributed by atoms with E-state index in [-0.39, 0.29) is 0 Å². The van der Waals surface area contributed by atoms with Gasteiger partial charge in [-0.15, -0.1) is 0 Å². The largest absolute Gasteiger partial charge is 0.490 e. The van der Waals surface area contributed by atoms with Crippen LogP contribution in [0.1, 0.15) is 24.8 Å². The van der Waals surface area contributed by atoms with Gasteiger partial charge in [0.2, 0.25) is 5.95 Å². The molecule has 20 heteroatoms. The second kappa shape index (κ2) is 16.0. The first-order valence-electron chi connectivity index (χ1n) is 12.2. The van der Waals surface area contributed by atoms with Crippen LogP contribution in [-0.4, -0.2) is 97.8 Å². The van der Waals surface area contributed by atoms with E-state index in [0.717, 1.165) is 25.6 Å². The van der Waals surface area contributed by atoms with Crippen molar-refractivity contribution in [2.75, 3.05) is 31.1 Å². The number of aliphatic carboxylic acids is 3. The molecule has 0 aromatic carbocycles. The maximum absolute atomic E-state index is 10.6. The Morgan fingerprint density at radius 3 is 1.55 bits per heavy atom. The van der Waals surface area contributed by atoms with E-state index in [1.54, 1.807) is 0 Å². The average Bonchev–Trinajstić information content (AvgIpc) is 3.34. The zero-order chi connectivity index (χ0) is 33.8. The second-order valence-corrected chi connectivity index (χ2v) is 9.27. The lowest BCUT2D eigenvalue weighted by molar-refractivity contribution is -0.193. The second-order valence-electron chi connectivity index (χ2n) is 9.27. The van der Waals surface area contributed by atoms with Gasteiger partial charge in [0.1, 0.15) is 0 Å². The molecule has 0 bridgehead atoms. The van der Waals surface area contributed by atoms with Gasteiger partial charge in [-0.05, 0) is 55.5 Å². The molecule has 2 aromatic heterocycles. The van der Waals surface area contributed by atoms with Gasteiger partial charge in [0, 0.05) is 44.4 Å². The highest BCUT2D eigenvalue weighted by Crippen LogP contribution is 2.41. The molecule has 2 aromatic rings. The molecular formula is C24H26F9N5O6. The van der Waals surface area contributed by atoms with Crippen molar-refractivity contribution in [1.29, 1.82) is 0 Å². The molecule has 44 heavy (non-hydrogen) atoms. The van der Waals surface area contributed by atoms with E-state index in [1.807, 2.05) is 36.9 Å². The Labute approximate surface area is 243 Å². The Balaban J connectivity index is 0.000000379. The lowest BCUT2D eigenvalue weighted by Crippen LogP contribution is -2.41. The van der Waals surface area contributed by atoms with Crippen molar-refractivity contribution in [3.8, 4) is 0 Å². The number of aromatic nitrogens is 3. The van der Waals surface area contributed by atoms with E-state index in [4.69, 9.17) is 29.7 Å². The van der Waals surface area contributed by atoms with E-state index >= 15 is 0 Å². The van der Waals surface area contributed by atoms with Crippen LogP contribution >= 0.6 is 0 Å². The van der Waals surface area contributed by atoms with Crippen LogP contribution < -0.4 is 4.90 Å². The maximum atomic E-state index is 10.6. The minimum absolute atomic E-state index is 0.463. The summed E-state index contributed by atoms with van der Waals surface area (Å²) in [6, 6.07) is 6.07. The molecule has 1 spiro atoms. The fourth-order valence-corrected chi connectivity index (χ4v) is 3.90. The molecule has 2 aliphatic rings. The molecule has 0 amide bonds. The van der Waals surface area contributed by atoms with Crippen molar-refractivity contribution in [3.63, 3.8) is 0 Å². The minimum atomic E-state index is -5.08. The number of carboxylic acid groups (broad SMARTS) is 3. The third-order valence-electron chi connectivity index (χ3n) is 6.05. The Morgan fingerprint density at radius 2 is 1.16 bits per heavy atom. The summed E-state index contributed by atoms with van der Waals surface area (Å²) < 4.78 is 95.2. The van der Waals surface area contributed by atoms with Crippen molar-refractivity contribution >= 4 is 23.9 Å². The predicted molar refractivity (Wildman–Crippen MR) is 131 cm³/mol. The third-order valence-corrected chi connectivity index (χ3v) is 6.05. The van der Waals surface area contributed by atoms with Gasteiger partial charge in [-0.3, -0.25) is 9.88 Å². The zero-order valence-electron chi connectivity index (χ0n) is 22.4. The van der Waals surface area contributed by atoms with E-state index in [9.17, 15) is 39.5 Å². The number of hydrogen-bond acceptors (Lipinski definition) is 8. The van der Waals surface area contributed by atoms with Crippen LogP contribution in [0.5, 0.6) is 0 Å². The first-order chi connectivity index (χ1) is 20.2. The number of piperidine rings is 1. The van der Waals surface area contributed by atoms with Crippen molar-refractivity contribution in [2.45, 2.75) is 44.3 Å². The maximum Gasteiger partial charge on any atom is 0.490 e. The molecule has 3 N–H and O–H groups in total. The van der Waals surface area contributed by atoms with Gasteiger partial charge in [-0.25, -0.2) is 24.4 Å². The van der Waals surface area contributed by atoms with Crippen LogP contribution in [0.25, 0.3) is 0 Å². The molecule has 2 aliphatic heterocycles. The number of pyridine rings is 1. The minimum Gasteiger partial charge on any atom is -0.475 e. The number of likely N-dealkylation sites (tertiary alicyclic amines) is 1. The Morgan fingerprint density at radius 1 is 0.727 bits per heavy atom. The number of rotatable bonds is 3. The van der Waals surface area contributed by atoms with Crippen molar-refractivity contribution in [3.05, 3.63) is 48.5 Å². The Bertz CT molecular complexity index is 1130. The summed E-state index contributed by atoms with van der Waals surface area (Å²) in [5.74, 6) is -7.38. The lowest BCUT2D eigenvalue weighted by atomic mass is 9.78. The average molecular weight is 651 g/mol. The molecule has 2 fully saturated rings. The molecule has 2 saturated heterocycles. The van der Waals surface area contributed by atoms with Gasteiger partial charge in [0.15, 0.2) is 0 Å². The molecular weight excluding hydrogens is 625 g/mol. The number of hydrogen-bond donors (Lipinski definition) is 3. The van der Waals surface area contributed by atoms with Gasteiger partial charge in [-0.2, -0.15) is 39.5 Å². The molecule has 4 heterocycles. The smallest absolute Gasteiger partial charge is 0.475 e. The summed E-state index contributed by atoms with van der Waals surface area (Å²) >= 11 is 0. The molecule has 0 saturated carbocycles. The normalized spacial score (nSPS) is 16.3. The van der Waals surface area contributed by atoms with Crippen LogP contribution in [0.3, 0.4) is 0 Å². The number of nitrogens with zero attached hydrogens (tertiary/aromatic N) is 5. The van der Waals surface area contributed by atoms with Crippen LogP contribution in [0.4, 0.5) is 45.5 Å². The SMILES string of the molecule is O=C(O)C(F)(F)F.O=C(O)C(F)(F)F.O=C(O)C(F)(F)F.c1cnc(N2CCC3(CCN(Cc4cccnc4)CC3)C2)nc1. The fraction of sp³-hybridized carbons (Fsp3) is 0.500. The standard InChI is InChI=1S/C18H23N5.3C2HF3O2/c1-3-16(13-19-7-1)14-22-10-4-18(5-11-22)6-12-23(15-18)17-20-8-2-9-21-17;3*3-2(4,5)1(6)7/h1-3,7-9,13H,4-6,10-12,14-15H2;3*(H,6,7). The van der Waals surface area contributed by atoms with Crippen molar-refractivity contribution in [1.82, 2.24) is 19.9 Å². The Kier molecular flexibility index (Phi) is 13.8. The Hall–Kier alpha value is -4.23. The molecule has 0 radical (unpaired) electrons. The molecule has 11 nitrogen and oxygen atoms in total. The van der Waals surface area contributed by atoms with E-state index < -0.39 is 36.4 Å². The topological polar surface area (TPSA) is 157 Å². The summed E-state index contributed by atoms with van der Waals surface area (Å²) in [5, 5.41) is 21.4. The van der Waals surface area contributed by atoms with Crippen molar-refractivity contribution < 1.29 is 69.2 Å². The number of halogens is 9. The third kappa shape index (κ3) is 13.8. The van der Waals surface area contributed by atoms with Gasteiger partial charge < -0.3 is 20.2 Å². The predicted octanol–water partition coefficient (Wildman–Crippen LogP) is 4.26. The molecule has 0 unspecified atom stereocenters. The zero-order valence-corrected chi connectivity index (χ0v) is 22.4. The summed E-state index contributed by atoms with van der Waals surface area (Å²) in [6.45, 7) is 5.58. The number of carbonyl (C=O) groups is 3. The highest BCUT2D eigenvalue weighted by Gasteiger charge is 2.41. The van der Waals surface area contributed by atoms with E-state index in [2.05, 4.69) is 30.8 Å². The molecule has 0 aliphatic carbocycles. The number of carboxylic acids is 3. The van der Waals surface area contributed by atoms with Gasteiger partial charge in [0.05, 0.1) is 0 Å². The molecule has 4 rings (SSSR count). The highest BCUT2D eigenvalue weighted by molar-refractivity contribution is 5.73. The lowest BCUT2D eigenvalue weighted by Gasteiger charge is -2.39. The van der Waals surface area contributed by atoms with Crippen LogP contribution in [0.15, 0.2) is 43.0 Å². The fourth-order valence-electron chi connectivity index (χ4n) is 3.90. The van der Waals surface area contributed by atoms with Crippen LogP contribution in [0.2, 0.25) is 0 Å². The van der Waals surface area contributed by atoms with Gasteiger partial charge in [0.25, 0.3) is 0 Å². The number of alkyl halides is 9. The number of anilines is 1. The highest BCUT2D eigenvalue weighted by atomic mass is 19.4. The first kappa shape index (κ1) is 37.8. The summed E-state index contributed by atoms with van der Waals surface area (Å²) in [4.78, 5) is 44.6. The van der Waals surface area contributed by atoms with Crippen molar-refractivity contribution in [2.24, 2.45) is 5.41 Å². The van der Waals surface area contributed by atoms with Gasteiger partial charge in [-0.1, -0.05) is 6.07 Å².